The molecular weight excluding hydrogens is 374 g/mol. The first-order valence-corrected chi connectivity index (χ1v) is 8.97. The Morgan fingerprint density at radius 2 is 1.88 bits per heavy atom. The van der Waals surface area contributed by atoms with E-state index in [4.69, 9.17) is 16.3 Å². The minimum absolute atomic E-state index is 0.313. The van der Waals surface area contributed by atoms with Crippen LogP contribution < -0.4 is 5.32 Å². The molecule has 8 heteroatoms. The Hall–Kier alpha value is -2.64. The number of carbonyl (C=O) groups is 2. The van der Waals surface area contributed by atoms with Gasteiger partial charge in [-0.15, -0.1) is 11.3 Å². The molecule has 0 saturated heterocycles. The lowest BCUT2D eigenvalue weighted by molar-refractivity contribution is 0.0607. The predicted molar refractivity (Wildman–Crippen MR) is 102 cm³/mol. The average Bonchev–Trinajstić information content (AvgIpc) is 3.21. The zero-order valence-electron chi connectivity index (χ0n) is 14.4. The largest absolute Gasteiger partial charge is 0.465 e. The average molecular weight is 390 g/mol. The van der Waals surface area contributed by atoms with Gasteiger partial charge in [0.2, 0.25) is 0 Å². The highest BCUT2D eigenvalue weighted by Gasteiger charge is 2.17. The molecule has 1 amide bonds. The summed E-state index contributed by atoms with van der Waals surface area (Å²) in [5.41, 5.74) is 3.28. The van der Waals surface area contributed by atoms with E-state index in [2.05, 4.69) is 10.4 Å². The van der Waals surface area contributed by atoms with Crippen molar-refractivity contribution in [3.63, 3.8) is 0 Å². The van der Waals surface area contributed by atoms with E-state index in [9.17, 15) is 9.59 Å². The van der Waals surface area contributed by atoms with Gasteiger partial charge in [-0.05, 0) is 49.6 Å². The van der Waals surface area contributed by atoms with Crippen LogP contribution in [0.5, 0.6) is 0 Å². The number of halogens is 1. The number of hydrogen-bond acceptors (Lipinski definition) is 5. The second-order valence-electron chi connectivity index (χ2n) is 5.55. The maximum atomic E-state index is 12.4. The minimum Gasteiger partial charge on any atom is -0.465 e. The number of thiophene rings is 1. The van der Waals surface area contributed by atoms with E-state index in [-0.39, 0.29) is 5.91 Å². The van der Waals surface area contributed by atoms with E-state index < -0.39 is 5.97 Å². The van der Waals surface area contributed by atoms with Crippen LogP contribution in [-0.2, 0) is 4.74 Å². The highest BCUT2D eigenvalue weighted by atomic mass is 35.5. The van der Waals surface area contributed by atoms with Crippen LogP contribution in [0.2, 0.25) is 5.02 Å². The van der Waals surface area contributed by atoms with Crippen molar-refractivity contribution in [2.75, 3.05) is 12.4 Å². The van der Waals surface area contributed by atoms with Gasteiger partial charge in [0.05, 0.1) is 34.9 Å². The fourth-order valence-corrected chi connectivity index (χ4v) is 3.37. The second-order valence-corrected chi connectivity index (χ2v) is 6.85. The fourth-order valence-electron chi connectivity index (χ4n) is 2.48. The molecule has 3 rings (SSSR count). The summed E-state index contributed by atoms with van der Waals surface area (Å²) in [6.45, 7) is 3.72. The first-order valence-electron chi connectivity index (χ1n) is 7.71. The predicted octanol–water partition coefficient (Wildman–Crippen LogP) is 4.24. The van der Waals surface area contributed by atoms with Crippen molar-refractivity contribution in [1.29, 1.82) is 0 Å². The summed E-state index contributed by atoms with van der Waals surface area (Å²) in [4.78, 5) is 24.5. The monoisotopic (exact) mass is 389 g/mol. The molecule has 2 aromatic heterocycles. The Balaban J connectivity index is 1.80. The Labute approximate surface area is 159 Å². The SMILES string of the molecule is COC(=O)c1sccc1NC(=O)c1ccc(-n2nc(C)c(Cl)c2C)cc1. The van der Waals surface area contributed by atoms with E-state index in [0.29, 0.717) is 21.2 Å². The number of esters is 1. The van der Waals surface area contributed by atoms with E-state index in [0.717, 1.165) is 17.1 Å². The molecule has 134 valence electrons. The van der Waals surface area contributed by atoms with Gasteiger partial charge in [-0.25, -0.2) is 9.48 Å². The molecular formula is C18H16ClN3O3S. The van der Waals surface area contributed by atoms with Gasteiger partial charge >= 0.3 is 5.97 Å². The van der Waals surface area contributed by atoms with Crippen LogP contribution in [0.3, 0.4) is 0 Å². The smallest absolute Gasteiger partial charge is 0.350 e. The molecule has 0 spiro atoms. The van der Waals surface area contributed by atoms with Crippen LogP contribution in [0.4, 0.5) is 5.69 Å². The molecule has 6 nitrogen and oxygen atoms in total. The summed E-state index contributed by atoms with van der Waals surface area (Å²) >= 11 is 7.39. The molecule has 0 unspecified atom stereocenters. The summed E-state index contributed by atoms with van der Waals surface area (Å²) in [6, 6.07) is 8.64. The number of methoxy groups -OCH3 is 1. The van der Waals surface area contributed by atoms with Crippen LogP contribution in [0.25, 0.3) is 5.69 Å². The van der Waals surface area contributed by atoms with Crippen LogP contribution in [-0.4, -0.2) is 28.8 Å². The van der Waals surface area contributed by atoms with Gasteiger partial charge in [-0.1, -0.05) is 11.6 Å². The topological polar surface area (TPSA) is 73.2 Å². The van der Waals surface area contributed by atoms with E-state index in [1.54, 1.807) is 40.4 Å². The number of aryl methyl sites for hydroxylation is 1. The van der Waals surface area contributed by atoms with Crippen LogP contribution in [0, 0.1) is 13.8 Å². The lowest BCUT2D eigenvalue weighted by Gasteiger charge is -2.08. The number of nitrogens with one attached hydrogen (secondary N) is 1. The number of carbonyl (C=O) groups excluding carboxylic acids is 2. The molecule has 0 aliphatic carbocycles. The van der Waals surface area contributed by atoms with Gasteiger partial charge in [0.1, 0.15) is 4.88 Å². The van der Waals surface area contributed by atoms with Gasteiger partial charge in [0.15, 0.2) is 0 Å². The highest BCUT2D eigenvalue weighted by molar-refractivity contribution is 7.12. The maximum absolute atomic E-state index is 12.4. The Morgan fingerprint density at radius 1 is 1.19 bits per heavy atom. The van der Waals surface area contributed by atoms with Crippen molar-refractivity contribution >= 4 is 40.5 Å². The van der Waals surface area contributed by atoms with Gasteiger partial charge in [-0.3, -0.25) is 4.79 Å². The zero-order valence-corrected chi connectivity index (χ0v) is 15.9. The standard InChI is InChI=1S/C18H16ClN3O3S/c1-10-15(19)11(2)22(21-10)13-6-4-12(5-7-13)17(23)20-14-8-9-26-16(14)18(24)25-3/h4-9H,1-3H3,(H,20,23). The summed E-state index contributed by atoms with van der Waals surface area (Å²) in [6.07, 6.45) is 0. The van der Waals surface area contributed by atoms with Crippen molar-refractivity contribution in [2.45, 2.75) is 13.8 Å². The molecule has 1 aromatic carbocycles. The number of nitrogens with zero attached hydrogens (tertiary/aromatic N) is 2. The number of aromatic nitrogens is 2. The normalized spacial score (nSPS) is 10.6. The van der Waals surface area contributed by atoms with Crippen LogP contribution >= 0.6 is 22.9 Å². The quantitative estimate of drug-likeness (QED) is 0.677. The van der Waals surface area contributed by atoms with E-state index in [1.165, 1.54) is 18.4 Å². The first-order chi connectivity index (χ1) is 12.4. The summed E-state index contributed by atoms with van der Waals surface area (Å²) in [5, 5.41) is 9.47. The summed E-state index contributed by atoms with van der Waals surface area (Å²) in [7, 11) is 1.30. The zero-order chi connectivity index (χ0) is 18.8. The Bertz CT molecular complexity index is 976. The molecule has 0 atom stereocenters. The van der Waals surface area contributed by atoms with E-state index in [1.807, 2.05) is 13.8 Å². The number of ether oxygens (including phenoxy) is 1. The third-order valence-electron chi connectivity index (χ3n) is 3.86. The number of rotatable bonds is 4. The lowest BCUT2D eigenvalue weighted by atomic mass is 10.2. The van der Waals surface area contributed by atoms with Gasteiger partial charge in [0, 0.05) is 5.56 Å². The van der Waals surface area contributed by atoms with E-state index >= 15 is 0 Å². The van der Waals surface area contributed by atoms with Crippen molar-refractivity contribution in [3.05, 3.63) is 62.6 Å². The number of amides is 1. The molecule has 0 bridgehead atoms. The summed E-state index contributed by atoms with van der Waals surface area (Å²) in [5.74, 6) is -0.793. The van der Waals surface area contributed by atoms with Crippen molar-refractivity contribution in [3.8, 4) is 5.69 Å². The van der Waals surface area contributed by atoms with Crippen molar-refractivity contribution in [1.82, 2.24) is 9.78 Å². The first kappa shape index (κ1) is 18.2. The van der Waals surface area contributed by atoms with Gasteiger partial charge in [-0.2, -0.15) is 5.10 Å². The number of hydrogen-bond donors (Lipinski definition) is 1. The molecule has 3 aromatic rings. The molecule has 2 heterocycles. The molecule has 0 radical (unpaired) electrons. The Morgan fingerprint density at radius 3 is 2.46 bits per heavy atom. The van der Waals surface area contributed by atoms with Crippen molar-refractivity contribution < 1.29 is 14.3 Å². The molecule has 1 N–H and O–H groups in total. The van der Waals surface area contributed by atoms with Crippen molar-refractivity contribution in [2.24, 2.45) is 0 Å². The molecule has 0 aliphatic rings. The second kappa shape index (κ2) is 7.31. The third-order valence-corrected chi connectivity index (χ3v) is 5.30. The third kappa shape index (κ3) is 3.36. The minimum atomic E-state index is -0.480. The Kier molecular flexibility index (Phi) is 5.11. The van der Waals surface area contributed by atoms with Gasteiger partial charge < -0.3 is 10.1 Å². The fraction of sp³-hybridized carbons (Fsp3) is 0.167. The molecule has 0 saturated carbocycles. The molecule has 26 heavy (non-hydrogen) atoms. The van der Waals surface area contributed by atoms with Crippen LogP contribution in [0.15, 0.2) is 35.7 Å². The number of benzene rings is 1. The maximum Gasteiger partial charge on any atom is 0.350 e. The lowest BCUT2D eigenvalue weighted by Crippen LogP contribution is -2.14. The van der Waals surface area contributed by atoms with Gasteiger partial charge in [0.25, 0.3) is 5.91 Å². The highest BCUT2D eigenvalue weighted by Crippen LogP contribution is 2.25. The number of anilines is 1. The van der Waals surface area contributed by atoms with Crippen LogP contribution in [0.1, 0.15) is 31.4 Å². The molecule has 0 aliphatic heterocycles. The summed E-state index contributed by atoms with van der Waals surface area (Å²) < 4.78 is 6.44. The molecule has 0 fully saturated rings.